The van der Waals surface area contributed by atoms with E-state index in [-0.39, 0.29) is 0 Å². The fourth-order valence-electron chi connectivity index (χ4n) is 4.98. The largest absolute Gasteiger partial charge is 0.358 e. The molecule has 3 heterocycles. The zero-order valence-electron chi connectivity index (χ0n) is 15.7. The van der Waals surface area contributed by atoms with E-state index in [1.807, 2.05) is 0 Å². The summed E-state index contributed by atoms with van der Waals surface area (Å²) in [5.41, 5.74) is 6.78. The summed E-state index contributed by atoms with van der Waals surface area (Å²) in [7, 11) is 0. The molecule has 2 aliphatic rings. The fourth-order valence-corrected chi connectivity index (χ4v) is 5.26. The quantitative estimate of drug-likeness (QED) is 0.576. The first kappa shape index (κ1) is 17.3. The molecule has 0 spiro atoms. The summed E-state index contributed by atoms with van der Waals surface area (Å²) in [4.78, 5) is 10.6. The number of aromatic nitrogens is 2. The second-order valence-electron chi connectivity index (χ2n) is 8.23. The van der Waals surface area contributed by atoms with Crippen LogP contribution in [0, 0.1) is 5.92 Å². The Bertz CT molecular complexity index is 930. The summed E-state index contributed by atoms with van der Waals surface area (Å²) in [6.07, 6.45) is 9.82. The average Bonchev–Trinajstić information content (AvgIpc) is 3.24. The van der Waals surface area contributed by atoms with E-state index in [9.17, 15) is 0 Å². The number of pyridine rings is 1. The zero-order valence-corrected chi connectivity index (χ0v) is 16.4. The van der Waals surface area contributed by atoms with Crippen LogP contribution in [0.4, 0.5) is 0 Å². The van der Waals surface area contributed by atoms with Crippen molar-refractivity contribution in [2.45, 2.75) is 58.2 Å². The molecule has 1 aromatic carbocycles. The minimum Gasteiger partial charge on any atom is -0.358 e. The number of H-pyrrole nitrogens is 1. The summed E-state index contributed by atoms with van der Waals surface area (Å²) in [6.45, 7) is 2.97. The van der Waals surface area contributed by atoms with Crippen molar-refractivity contribution in [3.05, 3.63) is 64.1 Å². The number of rotatable bonds is 4. The van der Waals surface area contributed by atoms with Crippen LogP contribution in [-0.2, 0) is 26.1 Å². The summed E-state index contributed by atoms with van der Waals surface area (Å²) in [5.74, 6) is 0.799. The highest BCUT2D eigenvalue weighted by Crippen LogP contribution is 2.35. The standard InChI is InChI=1S/C23H26ClN3/c24-23-22-19(15-27-13-17-8-4-5-9-18(17)14-27)21(26-20(22)10-11-25-23)12-16-6-2-1-3-7-16/h4-5,8-11,16,26H,1-3,6-7,12-15H2. The predicted octanol–water partition coefficient (Wildman–Crippen LogP) is 5.85. The van der Waals surface area contributed by atoms with Crippen LogP contribution < -0.4 is 0 Å². The van der Waals surface area contributed by atoms with Crippen molar-refractivity contribution in [3.63, 3.8) is 0 Å². The molecule has 0 unspecified atom stereocenters. The lowest BCUT2D eigenvalue weighted by Gasteiger charge is -2.22. The summed E-state index contributed by atoms with van der Waals surface area (Å²) < 4.78 is 0. The second-order valence-corrected chi connectivity index (χ2v) is 8.59. The first-order valence-corrected chi connectivity index (χ1v) is 10.6. The molecule has 0 radical (unpaired) electrons. The maximum atomic E-state index is 6.54. The molecule has 2 aromatic heterocycles. The third-order valence-corrected chi connectivity index (χ3v) is 6.65. The molecule has 140 valence electrons. The van der Waals surface area contributed by atoms with Gasteiger partial charge in [0.2, 0.25) is 0 Å². The molecule has 27 heavy (non-hydrogen) atoms. The van der Waals surface area contributed by atoms with Gasteiger partial charge in [0.25, 0.3) is 0 Å². The monoisotopic (exact) mass is 379 g/mol. The smallest absolute Gasteiger partial charge is 0.138 e. The van der Waals surface area contributed by atoms with E-state index in [4.69, 9.17) is 11.6 Å². The number of hydrogen-bond donors (Lipinski definition) is 1. The summed E-state index contributed by atoms with van der Waals surface area (Å²) >= 11 is 6.54. The summed E-state index contributed by atoms with van der Waals surface area (Å²) in [5, 5.41) is 1.76. The Balaban J connectivity index is 1.47. The number of benzene rings is 1. The zero-order chi connectivity index (χ0) is 18.2. The van der Waals surface area contributed by atoms with Crippen LogP contribution >= 0.6 is 11.6 Å². The van der Waals surface area contributed by atoms with Crippen molar-refractivity contribution in [1.29, 1.82) is 0 Å². The van der Waals surface area contributed by atoms with Gasteiger partial charge in [-0.05, 0) is 35.1 Å². The molecule has 1 N–H and O–H groups in total. The van der Waals surface area contributed by atoms with Crippen molar-refractivity contribution in [2.24, 2.45) is 5.92 Å². The number of nitrogens with zero attached hydrogens (tertiary/aromatic N) is 2. The Kier molecular flexibility index (Phi) is 4.66. The normalized spacial score (nSPS) is 18.3. The lowest BCUT2D eigenvalue weighted by molar-refractivity contribution is 0.274. The highest BCUT2D eigenvalue weighted by Gasteiger charge is 2.24. The maximum Gasteiger partial charge on any atom is 0.138 e. The Labute approximate surface area is 165 Å². The highest BCUT2D eigenvalue weighted by molar-refractivity contribution is 6.34. The van der Waals surface area contributed by atoms with Crippen molar-refractivity contribution in [2.75, 3.05) is 0 Å². The Morgan fingerprint density at radius 2 is 1.78 bits per heavy atom. The summed E-state index contributed by atoms with van der Waals surface area (Å²) in [6, 6.07) is 10.9. The Hall–Kier alpha value is -1.84. The van der Waals surface area contributed by atoms with Gasteiger partial charge in [0.1, 0.15) is 5.15 Å². The van der Waals surface area contributed by atoms with E-state index in [1.165, 1.54) is 54.5 Å². The van der Waals surface area contributed by atoms with Crippen LogP contribution in [0.5, 0.6) is 0 Å². The molecule has 0 atom stereocenters. The van der Waals surface area contributed by atoms with E-state index >= 15 is 0 Å². The minimum absolute atomic E-state index is 0.630. The molecule has 3 aromatic rings. The van der Waals surface area contributed by atoms with Gasteiger partial charge in [0, 0.05) is 36.9 Å². The van der Waals surface area contributed by atoms with Gasteiger partial charge in [-0.1, -0.05) is 68.0 Å². The van der Waals surface area contributed by atoms with Crippen molar-refractivity contribution < 1.29 is 0 Å². The molecule has 0 amide bonds. The number of aromatic amines is 1. The lowest BCUT2D eigenvalue weighted by atomic mass is 9.85. The van der Waals surface area contributed by atoms with Crippen molar-refractivity contribution in [1.82, 2.24) is 14.9 Å². The number of fused-ring (bicyclic) bond motifs is 2. The molecule has 1 fully saturated rings. The Morgan fingerprint density at radius 3 is 2.52 bits per heavy atom. The van der Waals surface area contributed by atoms with Crippen LogP contribution in [0.3, 0.4) is 0 Å². The van der Waals surface area contributed by atoms with Gasteiger partial charge in [0.15, 0.2) is 0 Å². The first-order chi connectivity index (χ1) is 13.3. The van der Waals surface area contributed by atoms with Gasteiger partial charge < -0.3 is 4.98 Å². The predicted molar refractivity (Wildman–Crippen MR) is 111 cm³/mol. The van der Waals surface area contributed by atoms with Crippen LogP contribution in [0.1, 0.15) is 54.5 Å². The maximum absolute atomic E-state index is 6.54. The third kappa shape index (κ3) is 3.39. The van der Waals surface area contributed by atoms with Gasteiger partial charge in [-0.2, -0.15) is 0 Å². The van der Waals surface area contributed by atoms with Crippen molar-refractivity contribution >= 4 is 22.5 Å². The van der Waals surface area contributed by atoms with E-state index in [1.54, 1.807) is 6.20 Å². The van der Waals surface area contributed by atoms with Gasteiger partial charge in [-0.25, -0.2) is 4.98 Å². The number of halogens is 1. The van der Waals surface area contributed by atoms with Crippen LogP contribution in [0.15, 0.2) is 36.5 Å². The van der Waals surface area contributed by atoms with Gasteiger partial charge in [-0.3, -0.25) is 4.90 Å². The number of hydrogen-bond acceptors (Lipinski definition) is 2. The second kappa shape index (κ2) is 7.29. The van der Waals surface area contributed by atoms with E-state index in [0.717, 1.165) is 42.9 Å². The third-order valence-electron chi connectivity index (χ3n) is 6.36. The van der Waals surface area contributed by atoms with E-state index in [0.29, 0.717) is 5.15 Å². The molecule has 3 nitrogen and oxygen atoms in total. The van der Waals surface area contributed by atoms with Gasteiger partial charge in [0.05, 0.1) is 5.52 Å². The molecule has 1 aliphatic carbocycles. The number of nitrogens with one attached hydrogen (secondary N) is 1. The molecule has 1 saturated carbocycles. The minimum atomic E-state index is 0.630. The average molecular weight is 380 g/mol. The van der Waals surface area contributed by atoms with E-state index < -0.39 is 0 Å². The topological polar surface area (TPSA) is 31.9 Å². The van der Waals surface area contributed by atoms with Crippen LogP contribution in [0.2, 0.25) is 5.15 Å². The molecular formula is C23H26ClN3. The van der Waals surface area contributed by atoms with Crippen LogP contribution in [0.25, 0.3) is 10.9 Å². The molecule has 0 saturated heterocycles. The highest BCUT2D eigenvalue weighted by atomic mass is 35.5. The molecule has 5 rings (SSSR count). The fraction of sp³-hybridized carbons (Fsp3) is 0.435. The van der Waals surface area contributed by atoms with Gasteiger partial charge in [-0.15, -0.1) is 0 Å². The van der Waals surface area contributed by atoms with Crippen LogP contribution in [-0.4, -0.2) is 14.9 Å². The Morgan fingerprint density at radius 1 is 1.04 bits per heavy atom. The van der Waals surface area contributed by atoms with Gasteiger partial charge >= 0.3 is 0 Å². The molecule has 1 aliphatic heterocycles. The molecule has 4 heteroatoms. The SMILES string of the molecule is Clc1nccc2[nH]c(CC3CCCCC3)c(CN3Cc4ccccc4C3)c12. The lowest BCUT2D eigenvalue weighted by Crippen LogP contribution is -2.17. The molecule has 0 bridgehead atoms. The molecular weight excluding hydrogens is 354 g/mol. The van der Waals surface area contributed by atoms with E-state index in [2.05, 4.69) is 45.2 Å². The first-order valence-electron chi connectivity index (χ1n) is 10.2. The van der Waals surface area contributed by atoms with Crippen molar-refractivity contribution in [3.8, 4) is 0 Å².